The van der Waals surface area contributed by atoms with E-state index in [2.05, 4.69) is 0 Å². The first-order valence-corrected chi connectivity index (χ1v) is 5.87. The molecule has 0 heterocycles. The van der Waals surface area contributed by atoms with Crippen LogP contribution in [0.4, 0.5) is 0 Å². The Hall–Kier alpha value is -1.19. The van der Waals surface area contributed by atoms with Crippen LogP contribution in [0.15, 0.2) is 18.2 Å². The van der Waals surface area contributed by atoms with Gasteiger partial charge in [-0.1, -0.05) is 12.1 Å². The predicted molar refractivity (Wildman–Crippen MR) is 69.4 cm³/mol. The standard InChI is InChI=1S/C14H21NO2/c1-10-5-6-13(7-11(10)2)14(17)8-15(4)12(3)9-16/h5-7,12,16H,8-9H2,1-4H3. The molecule has 0 saturated heterocycles. The first-order chi connectivity index (χ1) is 7.95. The number of likely N-dealkylation sites (N-methyl/N-ethyl adjacent to an activating group) is 1. The molecule has 0 aliphatic heterocycles. The molecule has 1 unspecified atom stereocenters. The second-order valence-electron chi connectivity index (χ2n) is 4.67. The molecular formula is C14H21NO2. The minimum atomic E-state index is 0.00509. The Labute approximate surface area is 103 Å². The molecule has 1 aromatic carbocycles. The van der Waals surface area contributed by atoms with Crippen molar-refractivity contribution in [1.29, 1.82) is 0 Å². The highest BCUT2D eigenvalue weighted by Crippen LogP contribution is 2.11. The highest BCUT2D eigenvalue weighted by atomic mass is 16.3. The summed E-state index contributed by atoms with van der Waals surface area (Å²) in [4.78, 5) is 13.9. The van der Waals surface area contributed by atoms with E-state index in [9.17, 15) is 4.79 Å². The molecule has 0 aliphatic carbocycles. The topological polar surface area (TPSA) is 40.5 Å². The highest BCUT2D eigenvalue weighted by molar-refractivity contribution is 5.97. The molecular weight excluding hydrogens is 214 g/mol. The monoisotopic (exact) mass is 235 g/mol. The number of aliphatic hydroxyl groups excluding tert-OH is 1. The summed E-state index contributed by atoms with van der Waals surface area (Å²) in [5.74, 6) is 0.0934. The second-order valence-corrected chi connectivity index (χ2v) is 4.67. The van der Waals surface area contributed by atoms with Crippen LogP contribution in [0.5, 0.6) is 0 Å². The summed E-state index contributed by atoms with van der Waals surface area (Å²) in [5, 5.41) is 9.02. The van der Waals surface area contributed by atoms with Gasteiger partial charge in [0.2, 0.25) is 0 Å². The number of aryl methyl sites for hydroxylation is 2. The summed E-state index contributed by atoms with van der Waals surface area (Å²) >= 11 is 0. The van der Waals surface area contributed by atoms with Crippen molar-refractivity contribution in [1.82, 2.24) is 4.90 Å². The molecule has 0 bridgehead atoms. The molecule has 1 aromatic rings. The van der Waals surface area contributed by atoms with E-state index < -0.39 is 0 Å². The molecule has 0 aliphatic rings. The smallest absolute Gasteiger partial charge is 0.176 e. The minimum Gasteiger partial charge on any atom is -0.395 e. The van der Waals surface area contributed by atoms with Gasteiger partial charge in [0.1, 0.15) is 0 Å². The first-order valence-electron chi connectivity index (χ1n) is 5.87. The molecule has 0 fully saturated rings. The van der Waals surface area contributed by atoms with Crippen molar-refractivity contribution in [2.45, 2.75) is 26.8 Å². The molecule has 1 rings (SSSR count). The zero-order valence-corrected chi connectivity index (χ0v) is 11.0. The third-order valence-electron chi connectivity index (χ3n) is 3.24. The zero-order chi connectivity index (χ0) is 13.0. The average Bonchev–Trinajstić information content (AvgIpc) is 2.31. The zero-order valence-electron chi connectivity index (χ0n) is 11.0. The molecule has 0 amide bonds. The van der Waals surface area contributed by atoms with Crippen molar-refractivity contribution >= 4 is 5.78 Å². The molecule has 0 aromatic heterocycles. The number of nitrogens with zero attached hydrogens (tertiary/aromatic N) is 1. The van der Waals surface area contributed by atoms with Crippen LogP contribution in [0, 0.1) is 13.8 Å². The van der Waals surface area contributed by atoms with E-state index >= 15 is 0 Å². The molecule has 94 valence electrons. The van der Waals surface area contributed by atoms with E-state index in [-0.39, 0.29) is 18.4 Å². The van der Waals surface area contributed by atoms with Gasteiger partial charge in [0.25, 0.3) is 0 Å². The molecule has 1 atom stereocenters. The van der Waals surface area contributed by atoms with Gasteiger partial charge < -0.3 is 5.11 Å². The van der Waals surface area contributed by atoms with Crippen molar-refractivity contribution in [2.75, 3.05) is 20.2 Å². The van der Waals surface area contributed by atoms with Gasteiger partial charge in [0, 0.05) is 11.6 Å². The number of hydrogen-bond donors (Lipinski definition) is 1. The summed E-state index contributed by atoms with van der Waals surface area (Å²) in [6.45, 7) is 6.34. The minimum absolute atomic E-state index is 0.00509. The average molecular weight is 235 g/mol. The predicted octanol–water partition coefficient (Wildman–Crippen LogP) is 1.80. The van der Waals surface area contributed by atoms with Crippen LogP contribution in [0.3, 0.4) is 0 Å². The number of hydrogen-bond acceptors (Lipinski definition) is 3. The summed E-state index contributed by atoms with van der Waals surface area (Å²) in [5.41, 5.74) is 3.07. The van der Waals surface area contributed by atoms with Crippen LogP contribution in [-0.2, 0) is 0 Å². The Morgan fingerprint density at radius 1 is 1.35 bits per heavy atom. The van der Waals surface area contributed by atoms with E-state index in [1.54, 1.807) is 0 Å². The lowest BCUT2D eigenvalue weighted by molar-refractivity contribution is 0.0890. The fourth-order valence-electron chi connectivity index (χ4n) is 1.53. The molecule has 0 radical (unpaired) electrons. The Kier molecular flexibility index (Phi) is 4.85. The van der Waals surface area contributed by atoms with Crippen molar-refractivity contribution in [3.63, 3.8) is 0 Å². The van der Waals surface area contributed by atoms with Gasteiger partial charge in [-0.2, -0.15) is 0 Å². The fraction of sp³-hybridized carbons (Fsp3) is 0.500. The Morgan fingerprint density at radius 2 is 2.00 bits per heavy atom. The van der Waals surface area contributed by atoms with E-state index in [1.807, 2.05) is 50.9 Å². The lowest BCUT2D eigenvalue weighted by Crippen LogP contribution is -2.36. The summed E-state index contributed by atoms with van der Waals surface area (Å²) in [6, 6.07) is 5.76. The van der Waals surface area contributed by atoms with Gasteiger partial charge in [0.05, 0.1) is 13.2 Å². The quantitative estimate of drug-likeness (QED) is 0.791. The maximum Gasteiger partial charge on any atom is 0.176 e. The van der Waals surface area contributed by atoms with Gasteiger partial charge in [0.15, 0.2) is 5.78 Å². The third-order valence-corrected chi connectivity index (χ3v) is 3.24. The molecule has 3 heteroatoms. The van der Waals surface area contributed by atoms with Crippen LogP contribution in [0.1, 0.15) is 28.4 Å². The maximum atomic E-state index is 12.0. The maximum absolute atomic E-state index is 12.0. The number of rotatable bonds is 5. The molecule has 3 nitrogen and oxygen atoms in total. The van der Waals surface area contributed by atoms with Gasteiger partial charge in [-0.05, 0) is 45.0 Å². The Balaban J connectivity index is 2.73. The van der Waals surface area contributed by atoms with E-state index in [0.717, 1.165) is 11.1 Å². The van der Waals surface area contributed by atoms with Gasteiger partial charge >= 0.3 is 0 Å². The summed E-state index contributed by atoms with van der Waals surface area (Å²) in [6.07, 6.45) is 0. The molecule has 17 heavy (non-hydrogen) atoms. The van der Waals surface area contributed by atoms with Crippen molar-refractivity contribution in [2.24, 2.45) is 0 Å². The summed E-state index contributed by atoms with van der Waals surface area (Å²) < 4.78 is 0. The van der Waals surface area contributed by atoms with E-state index in [4.69, 9.17) is 5.11 Å². The van der Waals surface area contributed by atoms with Crippen LogP contribution in [-0.4, -0.2) is 42.0 Å². The van der Waals surface area contributed by atoms with Crippen LogP contribution < -0.4 is 0 Å². The van der Waals surface area contributed by atoms with E-state index in [1.165, 1.54) is 5.56 Å². The van der Waals surface area contributed by atoms with Crippen molar-refractivity contribution < 1.29 is 9.90 Å². The number of benzene rings is 1. The molecule has 1 N–H and O–H groups in total. The normalized spacial score (nSPS) is 12.8. The van der Waals surface area contributed by atoms with Gasteiger partial charge in [-0.15, -0.1) is 0 Å². The third kappa shape index (κ3) is 3.65. The summed E-state index contributed by atoms with van der Waals surface area (Å²) in [7, 11) is 1.85. The number of ketones is 1. The van der Waals surface area contributed by atoms with Crippen molar-refractivity contribution in [3.8, 4) is 0 Å². The Morgan fingerprint density at radius 3 is 2.53 bits per heavy atom. The lowest BCUT2D eigenvalue weighted by Gasteiger charge is -2.21. The lowest BCUT2D eigenvalue weighted by atomic mass is 10.0. The fourth-order valence-corrected chi connectivity index (χ4v) is 1.53. The molecule has 0 saturated carbocycles. The van der Waals surface area contributed by atoms with Crippen LogP contribution in [0.2, 0.25) is 0 Å². The number of aliphatic hydroxyl groups is 1. The molecule has 0 spiro atoms. The second kappa shape index (κ2) is 5.94. The first kappa shape index (κ1) is 13.9. The Bertz CT molecular complexity index is 401. The number of carbonyl (C=O) groups excluding carboxylic acids is 1. The highest BCUT2D eigenvalue weighted by Gasteiger charge is 2.13. The SMILES string of the molecule is Cc1ccc(C(=O)CN(C)C(C)CO)cc1C. The number of carbonyl (C=O) groups is 1. The van der Waals surface area contributed by atoms with Gasteiger partial charge in [-0.25, -0.2) is 0 Å². The van der Waals surface area contributed by atoms with Crippen LogP contribution >= 0.6 is 0 Å². The van der Waals surface area contributed by atoms with Crippen molar-refractivity contribution in [3.05, 3.63) is 34.9 Å². The van der Waals surface area contributed by atoms with Crippen LogP contribution in [0.25, 0.3) is 0 Å². The largest absolute Gasteiger partial charge is 0.395 e. The van der Waals surface area contributed by atoms with Gasteiger partial charge in [-0.3, -0.25) is 9.69 Å². The number of Topliss-reactive ketones (excluding diaryl/α,β-unsaturated/α-hetero) is 1. The van der Waals surface area contributed by atoms with E-state index in [0.29, 0.717) is 6.54 Å².